The minimum absolute atomic E-state index is 0.0824. The Morgan fingerprint density at radius 1 is 1.41 bits per heavy atom. The molecule has 0 bridgehead atoms. The first-order chi connectivity index (χ1) is 10.4. The molecule has 0 aromatic carbocycles. The van der Waals surface area contributed by atoms with Crippen molar-refractivity contribution >= 4 is 33.0 Å². The Bertz CT molecular complexity index is 765. The molecule has 0 spiro atoms. The van der Waals surface area contributed by atoms with E-state index in [0.717, 1.165) is 37.0 Å². The van der Waals surface area contributed by atoms with Gasteiger partial charge in [-0.05, 0) is 25.0 Å². The molecule has 3 rings (SSSR count). The van der Waals surface area contributed by atoms with E-state index in [-0.39, 0.29) is 16.6 Å². The highest BCUT2D eigenvalue weighted by atomic mass is 35.5. The molecule has 1 fully saturated rings. The van der Waals surface area contributed by atoms with Crippen LogP contribution in [0.4, 0.5) is 0 Å². The molecule has 120 valence electrons. The van der Waals surface area contributed by atoms with Gasteiger partial charge in [-0.2, -0.15) is 4.98 Å². The summed E-state index contributed by atoms with van der Waals surface area (Å²) in [5.41, 5.74) is 5.68. The standard InChI is InChI=1S/C12H15ClN4O3S2/c13-8-3-4-10(21-8)22(18,19)15-7-9-16-11(17-20-9)12(14)5-1-2-6-12/h3-4,15H,1-2,5-7,14H2. The van der Waals surface area contributed by atoms with Gasteiger partial charge >= 0.3 is 0 Å². The van der Waals surface area contributed by atoms with Crippen molar-refractivity contribution < 1.29 is 12.9 Å². The Morgan fingerprint density at radius 3 is 2.77 bits per heavy atom. The molecule has 1 aliphatic carbocycles. The lowest BCUT2D eigenvalue weighted by Crippen LogP contribution is -2.34. The molecule has 2 heterocycles. The fraction of sp³-hybridized carbons (Fsp3) is 0.500. The second kappa shape index (κ2) is 5.89. The van der Waals surface area contributed by atoms with Crippen molar-refractivity contribution in [3.8, 4) is 0 Å². The van der Waals surface area contributed by atoms with Crippen LogP contribution in [-0.2, 0) is 22.1 Å². The van der Waals surface area contributed by atoms with E-state index in [0.29, 0.717) is 10.2 Å². The summed E-state index contributed by atoms with van der Waals surface area (Å²) in [7, 11) is -3.64. The van der Waals surface area contributed by atoms with Crippen LogP contribution in [0.2, 0.25) is 4.34 Å². The molecule has 0 unspecified atom stereocenters. The van der Waals surface area contributed by atoms with E-state index in [2.05, 4.69) is 14.9 Å². The molecule has 0 amide bonds. The van der Waals surface area contributed by atoms with E-state index in [1.807, 2.05) is 0 Å². The third-order valence-corrected chi connectivity index (χ3v) is 6.76. The van der Waals surface area contributed by atoms with Gasteiger partial charge in [0.15, 0.2) is 5.82 Å². The Labute approximate surface area is 136 Å². The second-order valence-electron chi connectivity index (χ2n) is 5.26. The molecule has 7 nitrogen and oxygen atoms in total. The van der Waals surface area contributed by atoms with Crippen LogP contribution in [0.5, 0.6) is 0 Å². The fourth-order valence-electron chi connectivity index (χ4n) is 2.43. The predicted molar refractivity (Wildman–Crippen MR) is 82.0 cm³/mol. The minimum Gasteiger partial charge on any atom is -0.338 e. The van der Waals surface area contributed by atoms with Crippen molar-refractivity contribution in [1.82, 2.24) is 14.9 Å². The third kappa shape index (κ3) is 3.18. The monoisotopic (exact) mass is 362 g/mol. The molecule has 10 heteroatoms. The number of nitrogens with two attached hydrogens (primary N) is 1. The Kier molecular flexibility index (Phi) is 4.25. The number of hydrogen-bond donors (Lipinski definition) is 2. The maximum absolute atomic E-state index is 12.1. The van der Waals surface area contributed by atoms with Gasteiger partial charge in [-0.1, -0.05) is 29.6 Å². The fourth-order valence-corrected chi connectivity index (χ4v) is 4.93. The average Bonchev–Trinajstić information content (AvgIpc) is 3.17. The number of nitrogens with one attached hydrogen (secondary N) is 1. The molecule has 0 atom stereocenters. The summed E-state index contributed by atoms with van der Waals surface area (Å²) in [5, 5.41) is 3.88. The Hall–Kier alpha value is -1.00. The molecule has 0 radical (unpaired) electrons. The molecular weight excluding hydrogens is 348 g/mol. The number of nitrogens with zero attached hydrogens (tertiary/aromatic N) is 2. The molecule has 0 aliphatic heterocycles. The van der Waals surface area contributed by atoms with E-state index in [1.165, 1.54) is 12.1 Å². The lowest BCUT2D eigenvalue weighted by atomic mass is 9.99. The van der Waals surface area contributed by atoms with Gasteiger partial charge in [-0.3, -0.25) is 0 Å². The minimum atomic E-state index is -3.64. The zero-order valence-corrected chi connectivity index (χ0v) is 14.0. The molecule has 1 saturated carbocycles. The number of thiophene rings is 1. The van der Waals surface area contributed by atoms with E-state index in [1.54, 1.807) is 0 Å². The van der Waals surface area contributed by atoms with E-state index < -0.39 is 15.6 Å². The van der Waals surface area contributed by atoms with Crippen molar-refractivity contribution in [2.45, 2.75) is 42.0 Å². The summed E-state index contributed by atoms with van der Waals surface area (Å²) >= 11 is 6.73. The SMILES string of the molecule is NC1(c2noc(CNS(=O)(=O)c3ccc(Cl)s3)n2)CCCC1. The normalized spacial score (nSPS) is 17.9. The van der Waals surface area contributed by atoms with Crippen molar-refractivity contribution in [2.75, 3.05) is 0 Å². The molecule has 2 aromatic rings. The highest BCUT2D eigenvalue weighted by Gasteiger charge is 2.36. The molecule has 1 aliphatic rings. The summed E-state index contributed by atoms with van der Waals surface area (Å²) in [4.78, 5) is 4.21. The zero-order chi connectivity index (χ0) is 15.8. The topological polar surface area (TPSA) is 111 Å². The van der Waals surface area contributed by atoms with Crippen LogP contribution in [0.25, 0.3) is 0 Å². The van der Waals surface area contributed by atoms with Gasteiger partial charge in [-0.15, -0.1) is 11.3 Å². The summed E-state index contributed by atoms with van der Waals surface area (Å²) < 4.78 is 32.2. The van der Waals surface area contributed by atoms with E-state index in [4.69, 9.17) is 21.9 Å². The van der Waals surface area contributed by atoms with Gasteiger partial charge in [0.25, 0.3) is 10.0 Å². The van der Waals surface area contributed by atoms with E-state index >= 15 is 0 Å². The number of sulfonamides is 1. The van der Waals surface area contributed by atoms with Crippen molar-refractivity contribution in [3.63, 3.8) is 0 Å². The largest absolute Gasteiger partial charge is 0.338 e. The predicted octanol–water partition coefficient (Wildman–Crippen LogP) is 1.99. The first-order valence-corrected chi connectivity index (χ1v) is 9.44. The Balaban J connectivity index is 1.68. The van der Waals surface area contributed by atoms with Gasteiger partial charge in [0, 0.05) is 0 Å². The smallest absolute Gasteiger partial charge is 0.250 e. The number of halogens is 1. The number of rotatable bonds is 5. The van der Waals surface area contributed by atoms with E-state index in [9.17, 15) is 8.42 Å². The number of hydrogen-bond acceptors (Lipinski definition) is 7. The van der Waals surface area contributed by atoms with Crippen LogP contribution in [-0.4, -0.2) is 18.6 Å². The maximum atomic E-state index is 12.1. The lowest BCUT2D eigenvalue weighted by molar-refractivity contribution is 0.347. The Morgan fingerprint density at radius 2 is 2.14 bits per heavy atom. The lowest BCUT2D eigenvalue weighted by Gasteiger charge is -2.17. The number of aromatic nitrogens is 2. The zero-order valence-electron chi connectivity index (χ0n) is 11.6. The first kappa shape index (κ1) is 15.9. The van der Waals surface area contributed by atoms with Crippen molar-refractivity contribution in [1.29, 1.82) is 0 Å². The van der Waals surface area contributed by atoms with Crippen LogP contribution in [0.1, 0.15) is 37.4 Å². The van der Waals surface area contributed by atoms with Crippen LogP contribution in [0.3, 0.4) is 0 Å². The van der Waals surface area contributed by atoms with Crippen LogP contribution in [0.15, 0.2) is 20.9 Å². The molecule has 22 heavy (non-hydrogen) atoms. The quantitative estimate of drug-likeness (QED) is 0.841. The first-order valence-electron chi connectivity index (χ1n) is 6.76. The average molecular weight is 363 g/mol. The van der Waals surface area contributed by atoms with Gasteiger partial charge < -0.3 is 10.3 Å². The maximum Gasteiger partial charge on any atom is 0.250 e. The van der Waals surface area contributed by atoms with Gasteiger partial charge in [0.2, 0.25) is 5.89 Å². The molecule has 3 N–H and O–H groups in total. The molecular formula is C12H15ClN4O3S2. The summed E-state index contributed by atoms with van der Waals surface area (Å²) in [6.07, 6.45) is 3.69. The van der Waals surface area contributed by atoms with Crippen LogP contribution < -0.4 is 10.5 Å². The van der Waals surface area contributed by atoms with Crippen molar-refractivity contribution in [2.24, 2.45) is 5.73 Å². The second-order valence-corrected chi connectivity index (χ2v) is 8.97. The summed E-state index contributed by atoms with van der Waals surface area (Å²) in [6, 6.07) is 2.98. The summed E-state index contributed by atoms with van der Waals surface area (Å²) in [5.74, 6) is 0.635. The van der Waals surface area contributed by atoms with Gasteiger partial charge in [-0.25, -0.2) is 13.1 Å². The van der Waals surface area contributed by atoms with Crippen molar-refractivity contribution in [3.05, 3.63) is 28.2 Å². The highest BCUT2D eigenvalue weighted by Crippen LogP contribution is 2.34. The van der Waals surface area contributed by atoms with Gasteiger partial charge in [0.05, 0.1) is 16.4 Å². The van der Waals surface area contributed by atoms with Gasteiger partial charge in [0.1, 0.15) is 4.21 Å². The van der Waals surface area contributed by atoms with Crippen LogP contribution >= 0.6 is 22.9 Å². The molecule has 0 saturated heterocycles. The molecule has 2 aromatic heterocycles. The summed E-state index contributed by atoms with van der Waals surface area (Å²) in [6.45, 7) is -0.0824. The third-order valence-electron chi connectivity index (χ3n) is 3.64. The van der Waals surface area contributed by atoms with Crippen LogP contribution in [0, 0.1) is 0 Å². The highest BCUT2D eigenvalue weighted by molar-refractivity contribution is 7.91.